The maximum absolute atomic E-state index is 12.6. The van der Waals surface area contributed by atoms with Crippen molar-refractivity contribution in [3.05, 3.63) is 66.4 Å². The molecule has 9 nitrogen and oxygen atoms in total. The van der Waals surface area contributed by atoms with Crippen LogP contribution in [0.3, 0.4) is 0 Å². The fourth-order valence-corrected chi connectivity index (χ4v) is 5.50. The van der Waals surface area contributed by atoms with E-state index in [1.807, 2.05) is 12.1 Å². The molecule has 1 aliphatic rings. The highest BCUT2D eigenvalue weighted by molar-refractivity contribution is 7.92. The molecule has 0 radical (unpaired) electrons. The van der Waals surface area contributed by atoms with E-state index in [-0.39, 0.29) is 10.7 Å². The summed E-state index contributed by atoms with van der Waals surface area (Å²) in [6.07, 6.45) is 3.53. The molecule has 1 fully saturated rings. The summed E-state index contributed by atoms with van der Waals surface area (Å²) in [6, 6.07) is 16.8. The van der Waals surface area contributed by atoms with Crippen molar-refractivity contribution >= 4 is 15.7 Å². The first-order valence-corrected chi connectivity index (χ1v) is 14.2. The lowest BCUT2D eigenvalue weighted by Crippen LogP contribution is -2.34. The van der Waals surface area contributed by atoms with Gasteiger partial charge in [-0.2, -0.15) is 0 Å². The number of nitrogen functional groups attached to an aromatic ring is 1. The third-order valence-corrected chi connectivity index (χ3v) is 8.86. The van der Waals surface area contributed by atoms with E-state index >= 15 is 0 Å². The second kappa shape index (κ2) is 11.0. The zero-order valence-electron chi connectivity index (χ0n) is 21.4. The molecular formula is C28H31N5O4S. The lowest BCUT2D eigenvalue weighted by Gasteiger charge is -2.23. The molecule has 5 rings (SSSR count). The SMILES string of the molecule is CC(C)S(=O)(=O)c1ccc(-c2nc(-c3cccc(CNC4CCOCC4)c3)c(N)nc2-c2ccno2)cc1. The Morgan fingerprint density at radius 1 is 0.974 bits per heavy atom. The predicted octanol–water partition coefficient (Wildman–Crippen LogP) is 4.50. The van der Waals surface area contributed by atoms with Crippen molar-refractivity contribution in [2.45, 2.75) is 49.4 Å². The Morgan fingerprint density at radius 3 is 2.42 bits per heavy atom. The molecule has 3 heterocycles. The molecule has 0 atom stereocenters. The van der Waals surface area contributed by atoms with Gasteiger partial charge in [-0.25, -0.2) is 18.4 Å². The van der Waals surface area contributed by atoms with Crippen molar-refractivity contribution in [1.29, 1.82) is 0 Å². The lowest BCUT2D eigenvalue weighted by atomic mass is 10.0. The number of benzene rings is 2. The second-order valence-corrected chi connectivity index (χ2v) is 12.1. The third-order valence-electron chi connectivity index (χ3n) is 6.69. The molecule has 198 valence electrons. The van der Waals surface area contributed by atoms with Crippen molar-refractivity contribution in [2.75, 3.05) is 18.9 Å². The first-order valence-electron chi connectivity index (χ1n) is 12.7. The Morgan fingerprint density at radius 2 is 1.74 bits per heavy atom. The predicted molar refractivity (Wildman–Crippen MR) is 146 cm³/mol. The number of hydrogen-bond donors (Lipinski definition) is 2. The number of nitrogens with one attached hydrogen (secondary N) is 1. The van der Waals surface area contributed by atoms with Gasteiger partial charge in [0.1, 0.15) is 17.1 Å². The van der Waals surface area contributed by atoms with Gasteiger partial charge in [0.25, 0.3) is 0 Å². The van der Waals surface area contributed by atoms with Gasteiger partial charge in [0.2, 0.25) is 0 Å². The monoisotopic (exact) mass is 533 g/mol. The number of anilines is 1. The van der Waals surface area contributed by atoms with Crippen molar-refractivity contribution in [3.8, 4) is 34.0 Å². The molecular weight excluding hydrogens is 502 g/mol. The van der Waals surface area contributed by atoms with Gasteiger partial charge in [0.15, 0.2) is 21.4 Å². The topological polar surface area (TPSA) is 133 Å². The zero-order chi connectivity index (χ0) is 26.7. The number of rotatable bonds is 8. The zero-order valence-corrected chi connectivity index (χ0v) is 22.2. The highest BCUT2D eigenvalue weighted by atomic mass is 32.2. The van der Waals surface area contributed by atoms with E-state index in [1.165, 1.54) is 6.20 Å². The maximum atomic E-state index is 12.6. The summed E-state index contributed by atoms with van der Waals surface area (Å²) in [5, 5.41) is 6.89. The number of sulfone groups is 1. The van der Waals surface area contributed by atoms with Gasteiger partial charge >= 0.3 is 0 Å². The molecule has 0 amide bonds. The van der Waals surface area contributed by atoms with E-state index in [1.54, 1.807) is 44.2 Å². The fourth-order valence-electron chi connectivity index (χ4n) is 4.44. The minimum atomic E-state index is -3.40. The van der Waals surface area contributed by atoms with E-state index in [0.29, 0.717) is 34.4 Å². The molecule has 4 aromatic rings. The van der Waals surface area contributed by atoms with Crippen LogP contribution < -0.4 is 11.1 Å². The van der Waals surface area contributed by atoms with Crippen LogP contribution in [0.4, 0.5) is 5.82 Å². The van der Waals surface area contributed by atoms with Crippen LogP contribution in [0.25, 0.3) is 34.0 Å². The largest absolute Gasteiger partial charge is 0.382 e. The number of nitrogens with zero attached hydrogens (tertiary/aromatic N) is 3. The Bertz CT molecular complexity index is 1500. The summed E-state index contributed by atoms with van der Waals surface area (Å²) in [4.78, 5) is 9.83. The van der Waals surface area contributed by atoms with Crippen LogP contribution in [-0.4, -0.2) is 48.0 Å². The molecule has 2 aromatic carbocycles. The smallest absolute Gasteiger partial charge is 0.187 e. The molecule has 0 saturated carbocycles. The molecule has 3 N–H and O–H groups in total. The van der Waals surface area contributed by atoms with Crippen LogP contribution in [0.5, 0.6) is 0 Å². The minimum Gasteiger partial charge on any atom is -0.382 e. The van der Waals surface area contributed by atoms with E-state index in [9.17, 15) is 8.42 Å². The van der Waals surface area contributed by atoms with Crippen molar-refractivity contribution < 1.29 is 17.7 Å². The number of ether oxygens (including phenoxy) is 1. The highest BCUT2D eigenvalue weighted by Gasteiger charge is 2.22. The first-order chi connectivity index (χ1) is 18.3. The summed E-state index contributed by atoms with van der Waals surface area (Å²) in [7, 11) is -3.40. The first kappa shape index (κ1) is 26.0. The fraction of sp³-hybridized carbons (Fsp3) is 0.321. The van der Waals surface area contributed by atoms with Crippen LogP contribution >= 0.6 is 0 Å². The molecule has 2 aromatic heterocycles. The van der Waals surface area contributed by atoms with Crippen molar-refractivity contribution in [1.82, 2.24) is 20.4 Å². The summed E-state index contributed by atoms with van der Waals surface area (Å²) in [5.74, 6) is 0.674. The van der Waals surface area contributed by atoms with Crippen LogP contribution in [0.2, 0.25) is 0 Å². The number of hydrogen-bond acceptors (Lipinski definition) is 9. The van der Waals surface area contributed by atoms with Crippen molar-refractivity contribution in [2.24, 2.45) is 0 Å². The summed E-state index contributed by atoms with van der Waals surface area (Å²) < 4.78 is 36.1. The third kappa shape index (κ3) is 5.47. The molecule has 0 spiro atoms. The lowest BCUT2D eigenvalue weighted by molar-refractivity contribution is 0.0776. The Kier molecular flexibility index (Phi) is 7.55. The second-order valence-electron chi connectivity index (χ2n) is 9.62. The molecule has 1 aliphatic heterocycles. The van der Waals surface area contributed by atoms with Crippen LogP contribution in [0.15, 0.2) is 70.2 Å². The van der Waals surface area contributed by atoms with Gasteiger partial charge in [0.05, 0.1) is 16.3 Å². The molecule has 0 unspecified atom stereocenters. The van der Waals surface area contributed by atoms with E-state index in [0.717, 1.165) is 43.7 Å². The average molecular weight is 534 g/mol. The van der Waals surface area contributed by atoms with Crippen LogP contribution in [-0.2, 0) is 21.1 Å². The van der Waals surface area contributed by atoms with Gasteiger partial charge in [0, 0.05) is 43.0 Å². The molecule has 0 aliphatic carbocycles. The van der Waals surface area contributed by atoms with E-state index < -0.39 is 15.1 Å². The Labute approximate surface area is 222 Å². The normalized spacial score (nSPS) is 14.7. The van der Waals surface area contributed by atoms with E-state index in [2.05, 4.69) is 27.6 Å². The quantitative estimate of drug-likeness (QED) is 0.336. The van der Waals surface area contributed by atoms with Gasteiger partial charge < -0.3 is 20.3 Å². The number of aromatic nitrogens is 3. The standard InChI is InChI=1S/C28H31N5O4S/c1-18(2)38(34,35)23-8-6-20(7-9-23)25-27(24-10-13-31-37-24)33-28(29)26(32-25)21-5-3-4-19(16-21)17-30-22-11-14-36-15-12-22/h3-10,13,16,18,22,30H,11-12,14-15,17H2,1-2H3,(H2,29,33). The summed E-state index contributed by atoms with van der Waals surface area (Å²) >= 11 is 0. The average Bonchev–Trinajstić information content (AvgIpc) is 3.47. The molecule has 0 bridgehead atoms. The van der Waals surface area contributed by atoms with Crippen molar-refractivity contribution in [3.63, 3.8) is 0 Å². The van der Waals surface area contributed by atoms with Gasteiger partial charge in [-0.05, 0) is 50.5 Å². The summed E-state index contributed by atoms with van der Waals surface area (Å²) in [6.45, 7) is 5.62. The van der Waals surface area contributed by atoms with Gasteiger partial charge in [-0.15, -0.1) is 0 Å². The highest BCUT2D eigenvalue weighted by Crippen LogP contribution is 2.35. The van der Waals surface area contributed by atoms with E-state index in [4.69, 9.17) is 20.0 Å². The molecule has 10 heteroatoms. The minimum absolute atomic E-state index is 0.255. The molecule has 1 saturated heterocycles. The maximum Gasteiger partial charge on any atom is 0.187 e. The van der Waals surface area contributed by atoms with Crippen LogP contribution in [0, 0.1) is 0 Å². The molecule has 38 heavy (non-hydrogen) atoms. The van der Waals surface area contributed by atoms with Gasteiger partial charge in [-0.1, -0.05) is 35.5 Å². The number of nitrogens with two attached hydrogens (primary N) is 1. The Balaban J connectivity index is 1.52. The van der Waals surface area contributed by atoms with Gasteiger partial charge in [-0.3, -0.25) is 0 Å². The Hall–Kier alpha value is -3.60. The summed E-state index contributed by atoms with van der Waals surface area (Å²) in [5.41, 5.74) is 10.5. The van der Waals surface area contributed by atoms with Crippen LogP contribution in [0.1, 0.15) is 32.3 Å².